The second-order valence-corrected chi connectivity index (χ2v) is 5.14. The van der Waals surface area contributed by atoms with Crippen LogP contribution >= 0.6 is 0 Å². The van der Waals surface area contributed by atoms with Gasteiger partial charge >= 0.3 is 6.18 Å². The summed E-state index contributed by atoms with van der Waals surface area (Å²) in [6, 6.07) is 15.3. The summed E-state index contributed by atoms with van der Waals surface area (Å²) in [5, 5.41) is 3.39. The first kappa shape index (κ1) is 15.6. The van der Waals surface area contributed by atoms with Crippen molar-refractivity contribution >= 4 is 0 Å². The molecule has 2 rings (SSSR count). The molecule has 0 bridgehead atoms. The molecular formula is C17H18F3N. The number of hydrogen-bond acceptors (Lipinski definition) is 1. The Hall–Kier alpha value is -1.81. The summed E-state index contributed by atoms with van der Waals surface area (Å²) >= 11 is 0. The summed E-state index contributed by atoms with van der Waals surface area (Å²) in [6.45, 7) is 3.98. The number of rotatable bonds is 4. The Labute approximate surface area is 122 Å². The molecule has 1 nitrogen and oxygen atoms in total. The second-order valence-electron chi connectivity index (χ2n) is 5.14. The van der Waals surface area contributed by atoms with Crippen LogP contribution in [-0.2, 0) is 6.18 Å². The molecule has 0 radical (unpaired) electrons. The summed E-state index contributed by atoms with van der Waals surface area (Å²) < 4.78 is 37.6. The first-order chi connectivity index (χ1) is 9.88. The number of halogens is 3. The van der Waals surface area contributed by atoms with E-state index in [2.05, 4.69) is 5.32 Å². The normalized spacial score (nSPS) is 14.7. The third-order valence-corrected chi connectivity index (χ3v) is 3.54. The summed E-state index contributed by atoms with van der Waals surface area (Å²) in [5.74, 6) is 0. The fraction of sp³-hybridized carbons (Fsp3) is 0.294. The molecule has 0 saturated carbocycles. The Kier molecular flexibility index (Phi) is 4.68. The molecule has 0 aliphatic carbocycles. The molecule has 0 fully saturated rings. The molecule has 2 aromatic carbocycles. The van der Waals surface area contributed by atoms with Crippen molar-refractivity contribution in [2.24, 2.45) is 0 Å². The Morgan fingerprint density at radius 2 is 1.24 bits per heavy atom. The SMILES string of the molecule is CC(N[C@@H](C)c1ccc(C(F)(F)F)cc1)c1ccccc1. The maximum absolute atomic E-state index is 12.5. The van der Waals surface area contributed by atoms with E-state index in [0.29, 0.717) is 0 Å². The van der Waals surface area contributed by atoms with Crippen LogP contribution in [-0.4, -0.2) is 0 Å². The first-order valence-electron chi connectivity index (χ1n) is 6.86. The van der Waals surface area contributed by atoms with Gasteiger partial charge < -0.3 is 5.32 Å². The number of hydrogen-bond donors (Lipinski definition) is 1. The maximum Gasteiger partial charge on any atom is 0.416 e. The first-order valence-corrected chi connectivity index (χ1v) is 6.86. The van der Waals surface area contributed by atoms with Crippen LogP contribution in [0.15, 0.2) is 54.6 Å². The van der Waals surface area contributed by atoms with Gasteiger partial charge in [-0.1, -0.05) is 42.5 Å². The lowest BCUT2D eigenvalue weighted by Crippen LogP contribution is -2.22. The van der Waals surface area contributed by atoms with Crippen LogP contribution in [0.25, 0.3) is 0 Å². The lowest BCUT2D eigenvalue weighted by molar-refractivity contribution is -0.137. The minimum atomic E-state index is -4.29. The summed E-state index contributed by atoms with van der Waals surface area (Å²) in [7, 11) is 0. The van der Waals surface area contributed by atoms with Gasteiger partial charge in [0.15, 0.2) is 0 Å². The van der Waals surface area contributed by atoms with Crippen molar-refractivity contribution in [3.8, 4) is 0 Å². The molecule has 0 heterocycles. The standard InChI is InChI=1S/C17H18F3N/c1-12(14-6-4-3-5-7-14)21-13(2)15-8-10-16(11-9-15)17(18,19)20/h3-13,21H,1-2H3/t12?,13-/m0/s1. The van der Waals surface area contributed by atoms with E-state index in [0.717, 1.165) is 23.3 Å². The van der Waals surface area contributed by atoms with Crippen LogP contribution in [0.2, 0.25) is 0 Å². The molecule has 0 spiro atoms. The average molecular weight is 293 g/mol. The van der Waals surface area contributed by atoms with Gasteiger partial charge in [0.2, 0.25) is 0 Å². The molecule has 21 heavy (non-hydrogen) atoms. The Bertz CT molecular complexity index is 561. The van der Waals surface area contributed by atoms with Crippen molar-refractivity contribution in [2.45, 2.75) is 32.1 Å². The zero-order valence-corrected chi connectivity index (χ0v) is 12.0. The average Bonchev–Trinajstić information content (AvgIpc) is 2.47. The number of nitrogens with one attached hydrogen (secondary N) is 1. The van der Waals surface area contributed by atoms with E-state index in [1.165, 1.54) is 12.1 Å². The van der Waals surface area contributed by atoms with Gasteiger partial charge in [-0.15, -0.1) is 0 Å². The minimum absolute atomic E-state index is 0.0255. The minimum Gasteiger partial charge on any atom is -0.304 e. The molecule has 4 heteroatoms. The number of alkyl halides is 3. The molecule has 0 amide bonds. The zero-order valence-electron chi connectivity index (χ0n) is 12.0. The summed E-state index contributed by atoms with van der Waals surface area (Å²) in [6.07, 6.45) is -4.29. The molecule has 0 saturated heterocycles. The molecule has 0 aliphatic rings. The highest BCUT2D eigenvalue weighted by atomic mass is 19.4. The van der Waals surface area contributed by atoms with E-state index < -0.39 is 11.7 Å². The predicted octanol–water partition coefficient (Wildman–Crippen LogP) is 5.12. The van der Waals surface area contributed by atoms with Crippen molar-refractivity contribution in [3.05, 3.63) is 71.3 Å². The summed E-state index contributed by atoms with van der Waals surface area (Å²) in [4.78, 5) is 0. The van der Waals surface area contributed by atoms with E-state index >= 15 is 0 Å². The van der Waals surface area contributed by atoms with E-state index in [4.69, 9.17) is 0 Å². The third kappa shape index (κ3) is 4.08. The summed E-state index contributed by atoms with van der Waals surface area (Å²) in [5.41, 5.74) is 1.37. The maximum atomic E-state index is 12.5. The van der Waals surface area contributed by atoms with Gasteiger partial charge in [-0.3, -0.25) is 0 Å². The highest BCUT2D eigenvalue weighted by molar-refractivity contribution is 5.27. The zero-order chi connectivity index (χ0) is 15.5. The van der Waals surface area contributed by atoms with E-state index in [-0.39, 0.29) is 12.1 Å². The van der Waals surface area contributed by atoms with Crippen LogP contribution in [0.5, 0.6) is 0 Å². The highest BCUT2D eigenvalue weighted by Gasteiger charge is 2.30. The Balaban J connectivity index is 2.05. The lowest BCUT2D eigenvalue weighted by atomic mass is 10.0. The van der Waals surface area contributed by atoms with Crippen molar-refractivity contribution in [2.75, 3.05) is 0 Å². The predicted molar refractivity (Wildman–Crippen MR) is 77.9 cm³/mol. The van der Waals surface area contributed by atoms with Crippen molar-refractivity contribution in [1.29, 1.82) is 0 Å². The van der Waals surface area contributed by atoms with Crippen LogP contribution in [0.1, 0.15) is 42.6 Å². The molecule has 0 aliphatic heterocycles. The molecule has 2 atom stereocenters. The van der Waals surface area contributed by atoms with Gasteiger partial charge in [0.05, 0.1) is 5.56 Å². The van der Waals surface area contributed by atoms with Gasteiger partial charge in [0, 0.05) is 12.1 Å². The van der Waals surface area contributed by atoms with Crippen LogP contribution in [0.4, 0.5) is 13.2 Å². The van der Waals surface area contributed by atoms with Crippen molar-refractivity contribution in [3.63, 3.8) is 0 Å². The highest BCUT2D eigenvalue weighted by Crippen LogP contribution is 2.30. The molecule has 2 aromatic rings. The molecule has 1 N–H and O–H groups in total. The Morgan fingerprint density at radius 1 is 0.762 bits per heavy atom. The second kappa shape index (κ2) is 6.31. The Morgan fingerprint density at radius 3 is 1.71 bits per heavy atom. The number of benzene rings is 2. The van der Waals surface area contributed by atoms with Gasteiger partial charge in [-0.25, -0.2) is 0 Å². The molecule has 0 aromatic heterocycles. The van der Waals surface area contributed by atoms with E-state index in [1.54, 1.807) is 0 Å². The fourth-order valence-electron chi connectivity index (χ4n) is 2.27. The largest absolute Gasteiger partial charge is 0.416 e. The van der Waals surface area contributed by atoms with Crippen LogP contribution in [0, 0.1) is 0 Å². The van der Waals surface area contributed by atoms with Gasteiger partial charge in [-0.2, -0.15) is 13.2 Å². The lowest BCUT2D eigenvalue weighted by Gasteiger charge is -2.21. The van der Waals surface area contributed by atoms with Crippen LogP contribution in [0.3, 0.4) is 0 Å². The van der Waals surface area contributed by atoms with Crippen LogP contribution < -0.4 is 5.32 Å². The third-order valence-electron chi connectivity index (χ3n) is 3.54. The molecule has 1 unspecified atom stereocenters. The molecular weight excluding hydrogens is 275 g/mol. The van der Waals surface area contributed by atoms with Gasteiger partial charge in [-0.05, 0) is 37.1 Å². The van der Waals surface area contributed by atoms with Gasteiger partial charge in [0.25, 0.3) is 0 Å². The fourth-order valence-corrected chi connectivity index (χ4v) is 2.27. The van der Waals surface area contributed by atoms with E-state index in [1.807, 2.05) is 44.2 Å². The smallest absolute Gasteiger partial charge is 0.304 e. The van der Waals surface area contributed by atoms with E-state index in [9.17, 15) is 13.2 Å². The monoisotopic (exact) mass is 293 g/mol. The molecule has 112 valence electrons. The topological polar surface area (TPSA) is 12.0 Å². The van der Waals surface area contributed by atoms with Crippen molar-refractivity contribution in [1.82, 2.24) is 5.32 Å². The van der Waals surface area contributed by atoms with Crippen molar-refractivity contribution < 1.29 is 13.2 Å². The quantitative estimate of drug-likeness (QED) is 0.825. The van der Waals surface area contributed by atoms with Gasteiger partial charge in [0.1, 0.15) is 0 Å².